The molecule has 10 atom stereocenters. The number of aromatic amines is 2. The molecule has 4 unspecified atom stereocenters. The number of fused-ring (bicyclic) bond motifs is 5. The fourth-order valence-corrected chi connectivity index (χ4v) is 8.77. The smallest absolute Gasteiger partial charge is 0.432 e. The number of carbonyl (C=O) groups excluding carboxylic acids is 2. The van der Waals surface area contributed by atoms with Crippen LogP contribution in [0.3, 0.4) is 0 Å². The average Bonchev–Trinajstić information content (AvgIpc) is 3.94. The summed E-state index contributed by atoms with van der Waals surface area (Å²) < 4.78 is 113. The molecule has 0 radical (unpaired) electrons. The molecule has 3 aliphatic rings. The monoisotopic (exact) mass is 923 g/mol. The van der Waals surface area contributed by atoms with E-state index in [2.05, 4.69) is 29.9 Å². The molecule has 340 valence electrons. The van der Waals surface area contributed by atoms with Gasteiger partial charge in [0.1, 0.15) is 36.3 Å². The van der Waals surface area contributed by atoms with E-state index in [0.29, 0.717) is 0 Å². The number of halogens is 1. The van der Waals surface area contributed by atoms with Gasteiger partial charge in [0.25, 0.3) is 11.1 Å². The summed E-state index contributed by atoms with van der Waals surface area (Å²) in [6.07, 6.45) is -16.7. The summed E-state index contributed by atoms with van der Waals surface area (Å²) in [7, 11) is -10.4. The number of imidazole rings is 2. The van der Waals surface area contributed by atoms with Crippen LogP contribution < -0.4 is 16.9 Å². The Bertz CT molecular complexity index is 2520. The minimum atomic E-state index is -5.21. The first kappa shape index (κ1) is 45.1. The summed E-state index contributed by atoms with van der Waals surface area (Å²) in [6, 6.07) is 0. The van der Waals surface area contributed by atoms with Gasteiger partial charge in [-0.1, -0.05) is 0 Å². The van der Waals surface area contributed by atoms with Crippen LogP contribution in [-0.4, -0.2) is 132 Å². The third-order valence-corrected chi connectivity index (χ3v) is 11.6. The molecule has 0 aromatic carbocycles. The molecule has 3 aliphatic heterocycles. The molecular weight excluding hydrogens is 883 g/mol. The number of hydrogen-bond acceptors (Lipinski definition) is 24. The van der Waals surface area contributed by atoms with Gasteiger partial charge in [0.15, 0.2) is 41.0 Å². The predicted molar refractivity (Wildman–Crippen MR) is 198 cm³/mol. The maximum Gasteiger partial charge on any atom is 0.510 e. The zero-order valence-electron chi connectivity index (χ0n) is 33.1. The van der Waals surface area contributed by atoms with Crippen molar-refractivity contribution in [2.24, 2.45) is 0 Å². The molecular formula is C31H40FN9O19P2. The Hall–Kier alpha value is -4.93. The SMILES string of the molecule is Cc1nc2c(ncn2[C@@H]2O[C@@H]3COP(=O)(OCOC(=O)OC(C)C)OC4[C@@H](O)[C@@H](COP(=O)(OCOC(=O)OC(C)C)OC3[C@@H]2F)O[C@H]4n2cnc3c(=O)[nH]c(N)nc32)c(=O)[nH]1. The number of phosphoric acid groups is 2. The van der Waals surface area contributed by atoms with Crippen molar-refractivity contribution in [3.8, 4) is 0 Å². The van der Waals surface area contributed by atoms with Crippen molar-refractivity contribution in [1.82, 2.24) is 39.0 Å². The number of nitrogen functional groups attached to an aromatic ring is 1. The molecule has 28 nitrogen and oxygen atoms in total. The van der Waals surface area contributed by atoms with Crippen LogP contribution in [0, 0.1) is 6.92 Å². The average molecular weight is 924 g/mol. The number of ether oxygens (including phenoxy) is 6. The number of anilines is 1. The van der Waals surface area contributed by atoms with E-state index in [9.17, 15) is 33.4 Å². The third-order valence-electron chi connectivity index (χ3n) is 8.86. The Balaban J connectivity index is 1.27. The zero-order chi connectivity index (χ0) is 44.7. The van der Waals surface area contributed by atoms with Gasteiger partial charge < -0.3 is 44.2 Å². The highest BCUT2D eigenvalue weighted by Crippen LogP contribution is 2.58. The molecule has 4 aromatic heterocycles. The summed E-state index contributed by atoms with van der Waals surface area (Å²) in [5.41, 5.74) is 3.56. The van der Waals surface area contributed by atoms with E-state index < -0.39 is 127 Å². The van der Waals surface area contributed by atoms with Gasteiger partial charge in [0, 0.05) is 0 Å². The number of aromatic nitrogens is 8. The Kier molecular flexibility index (Phi) is 13.1. The number of H-pyrrole nitrogens is 2. The van der Waals surface area contributed by atoms with Crippen molar-refractivity contribution in [2.75, 3.05) is 32.5 Å². The van der Waals surface area contributed by atoms with Gasteiger partial charge >= 0.3 is 28.0 Å². The van der Waals surface area contributed by atoms with Crippen molar-refractivity contribution < 1.29 is 83.8 Å². The topological polar surface area (TPSA) is 352 Å². The maximum absolute atomic E-state index is 16.8. The molecule has 31 heteroatoms. The minimum Gasteiger partial charge on any atom is -0.432 e. The first-order chi connectivity index (χ1) is 29.3. The van der Waals surface area contributed by atoms with Crippen LogP contribution in [0.1, 0.15) is 46.0 Å². The summed E-state index contributed by atoms with van der Waals surface area (Å²) in [4.78, 5) is 70.7. The molecule has 2 bridgehead atoms. The molecule has 7 heterocycles. The highest BCUT2D eigenvalue weighted by atomic mass is 31.2. The molecule has 5 N–H and O–H groups in total. The summed E-state index contributed by atoms with van der Waals surface area (Å²) in [5, 5.41) is 11.6. The summed E-state index contributed by atoms with van der Waals surface area (Å²) >= 11 is 0. The predicted octanol–water partition coefficient (Wildman–Crippen LogP) is 1.74. The second-order valence-electron chi connectivity index (χ2n) is 14.1. The third kappa shape index (κ3) is 9.66. The highest BCUT2D eigenvalue weighted by molar-refractivity contribution is 7.48. The number of nitrogens with one attached hydrogen (secondary N) is 2. The number of rotatable bonds is 10. The molecule has 62 heavy (non-hydrogen) atoms. The fourth-order valence-electron chi connectivity index (χ4n) is 6.28. The second-order valence-corrected chi connectivity index (χ2v) is 17.3. The molecule has 0 spiro atoms. The van der Waals surface area contributed by atoms with Gasteiger partial charge in [-0.3, -0.25) is 41.8 Å². The lowest BCUT2D eigenvalue weighted by Gasteiger charge is -2.28. The van der Waals surface area contributed by atoms with Crippen LogP contribution in [-0.2, 0) is 64.7 Å². The highest BCUT2D eigenvalue weighted by Gasteiger charge is 2.55. The van der Waals surface area contributed by atoms with Crippen molar-refractivity contribution in [2.45, 2.75) is 96.0 Å². The Labute approximate surface area is 346 Å². The van der Waals surface area contributed by atoms with Gasteiger partial charge in [-0.15, -0.1) is 0 Å². The van der Waals surface area contributed by atoms with Crippen LogP contribution >= 0.6 is 15.6 Å². The Morgan fingerprint density at radius 1 is 0.839 bits per heavy atom. The quantitative estimate of drug-likeness (QED) is 0.0999. The standard InChI is InChI=1S/C31H40FN9O19P2/c1-12(2)55-30(45)49-10-53-61(47)51-6-15-20(42)22(28(57-15)41-9-35-19-24(41)38-29(33)39-26(19)44)60-62(48,54-11-50-31(46)56-13(3)4)52-7-16-21(59-61)17(32)27(58-16)40-8-34-18-23(40)36-14(5)37-25(18)43/h8-9,12-13,15-17,20-22,27-28,42H,6-7,10-11H2,1-5H3,(H,36,37,43)(H3,33,38,39,44)/t15-,16-,17+,20+,21?,22?,27-,28-,61?,62?/m1/s1. The Morgan fingerprint density at radius 3 is 1.92 bits per heavy atom. The molecule has 0 amide bonds. The van der Waals surface area contributed by atoms with Gasteiger partial charge in [-0.2, -0.15) is 4.98 Å². The van der Waals surface area contributed by atoms with Crippen molar-refractivity contribution >= 4 is 56.2 Å². The lowest BCUT2D eigenvalue weighted by Crippen LogP contribution is -2.36. The van der Waals surface area contributed by atoms with E-state index in [1.165, 1.54) is 34.6 Å². The number of aryl methyl sites for hydroxylation is 1. The first-order valence-electron chi connectivity index (χ1n) is 18.4. The normalized spacial score (nSPS) is 30.5. The lowest BCUT2D eigenvalue weighted by atomic mass is 10.1. The van der Waals surface area contributed by atoms with Crippen molar-refractivity contribution in [1.29, 1.82) is 0 Å². The minimum absolute atomic E-state index is 0.129. The fraction of sp³-hybridized carbons (Fsp3) is 0.613. The van der Waals surface area contributed by atoms with E-state index in [4.69, 9.17) is 61.3 Å². The number of phosphoric ester groups is 2. The number of aliphatic hydroxyl groups excluding tert-OH is 1. The zero-order valence-corrected chi connectivity index (χ0v) is 34.9. The van der Waals surface area contributed by atoms with Crippen LogP contribution in [0.15, 0.2) is 22.2 Å². The number of alkyl halides is 1. The largest absolute Gasteiger partial charge is 0.510 e. The van der Waals surface area contributed by atoms with Crippen LogP contribution in [0.4, 0.5) is 19.9 Å². The maximum atomic E-state index is 16.8. The van der Waals surface area contributed by atoms with Crippen LogP contribution in [0.2, 0.25) is 0 Å². The van der Waals surface area contributed by atoms with Gasteiger partial charge in [0.05, 0.1) is 38.1 Å². The number of carbonyl (C=O) groups is 2. The molecule has 4 aromatic rings. The summed E-state index contributed by atoms with van der Waals surface area (Å²) in [5.74, 6) is -0.222. The Morgan fingerprint density at radius 2 is 1.34 bits per heavy atom. The molecule has 7 rings (SSSR count). The van der Waals surface area contributed by atoms with Crippen LogP contribution in [0.25, 0.3) is 22.3 Å². The number of nitrogens with two attached hydrogens (primary N) is 1. The van der Waals surface area contributed by atoms with Gasteiger partial charge in [-0.05, 0) is 34.6 Å². The molecule has 0 aliphatic carbocycles. The van der Waals surface area contributed by atoms with Gasteiger partial charge in [0.2, 0.25) is 19.5 Å². The van der Waals surface area contributed by atoms with Crippen molar-refractivity contribution in [3.05, 3.63) is 39.2 Å². The molecule has 3 saturated heterocycles. The van der Waals surface area contributed by atoms with E-state index in [-0.39, 0.29) is 34.1 Å². The van der Waals surface area contributed by atoms with E-state index in [1.54, 1.807) is 0 Å². The lowest BCUT2D eigenvalue weighted by molar-refractivity contribution is -0.0815. The van der Waals surface area contributed by atoms with E-state index >= 15 is 4.39 Å². The van der Waals surface area contributed by atoms with E-state index in [0.717, 1.165) is 21.8 Å². The number of hydrogen-bond donors (Lipinski definition) is 4. The van der Waals surface area contributed by atoms with Gasteiger partial charge in [-0.25, -0.2) is 47.1 Å². The van der Waals surface area contributed by atoms with E-state index in [1.807, 2.05) is 0 Å². The first-order valence-corrected chi connectivity index (χ1v) is 21.4. The second kappa shape index (κ2) is 18.0. The number of nitrogens with zero attached hydrogens (tertiary/aromatic N) is 6. The molecule has 3 fully saturated rings. The molecule has 0 saturated carbocycles. The summed E-state index contributed by atoms with van der Waals surface area (Å²) in [6.45, 7) is 3.29. The van der Waals surface area contributed by atoms with Crippen molar-refractivity contribution in [3.63, 3.8) is 0 Å². The van der Waals surface area contributed by atoms with Crippen LogP contribution in [0.5, 0.6) is 0 Å². The number of aliphatic hydroxyl groups is 1.